The largest absolute Gasteiger partial charge is 0.395 e. The molecular weight excluding hydrogens is 398 g/mol. The molecular formula is C18H27N5O5S. The molecule has 0 aliphatic carbocycles. The van der Waals surface area contributed by atoms with Gasteiger partial charge in [-0.1, -0.05) is 12.1 Å². The molecule has 3 atom stereocenters. The molecule has 3 rings (SSSR count). The van der Waals surface area contributed by atoms with Gasteiger partial charge in [-0.05, 0) is 13.3 Å². The van der Waals surface area contributed by atoms with Crippen LogP contribution >= 0.6 is 11.8 Å². The lowest BCUT2D eigenvalue weighted by Gasteiger charge is -2.16. The van der Waals surface area contributed by atoms with Crippen LogP contribution in [0.3, 0.4) is 0 Å². The number of aliphatic hydroxyl groups excluding tert-OH is 2. The fraction of sp³-hybridized carbons (Fsp3) is 0.667. The minimum atomic E-state index is -0.697. The number of hydrogen-bond donors (Lipinski definition) is 2. The third-order valence-electron chi connectivity index (χ3n) is 4.78. The van der Waals surface area contributed by atoms with Gasteiger partial charge in [0.25, 0.3) is 5.56 Å². The Labute approximate surface area is 172 Å². The maximum atomic E-state index is 13.0. The van der Waals surface area contributed by atoms with Gasteiger partial charge in [-0.25, -0.2) is 9.48 Å². The Hall–Kier alpha value is -1.95. The third kappa shape index (κ3) is 4.97. The molecule has 2 unspecified atom stereocenters. The van der Waals surface area contributed by atoms with Gasteiger partial charge < -0.3 is 14.9 Å². The van der Waals surface area contributed by atoms with Gasteiger partial charge in [0, 0.05) is 24.8 Å². The third-order valence-corrected chi connectivity index (χ3v) is 6.33. The van der Waals surface area contributed by atoms with Gasteiger partial charge in [0.2, 0.25) is 0 Å². The average Bonchev–Trinajstić information content (AvgIpc) is 3.31. The highest BCUT2D eigenvalue weighted by Crippen LogP contribution is 2.40. The first-order valence-electron chi connectivity index (χ1n) is 9.68. The average molecular weight is 426 g/mol. The van der Waals surface area contributed by atoms with Crippen molar-refractivity contribution in [3.05, 3.63) is 44.5 Å². The number of rotatable bonds is 9. The number of thioether (sulfide) groups is 1. The second-order valence-electron chi connectivity index (χ2n) is 7.09. The predicted octanol–water partition coefficient (Wildman–Crippen LogP) is -0.258. The van der Waals surface area contributed by atoms with Crippen LogP contribution in [0.4, 0.5) is 0 Å². The second-order valence-corrected chi connectivity index (χ2v) is 8.52. The zero-order valence-corrected chi connectivity index (χ0v) is 17.4. The normalized spacial score (nSPS) is 21.7. The van der Waals surface area contributed by atoms with Crippen molar-refractivity contribution >= 4 is 11.8 Å². The van der Waals surface area contributed by atoms with Crippen LogP contribution in [0.25, 0.3) is 0 Å². The van der Waals surface area contributed by atoms with Crippen molar-refractivity contribution in [1.82, 2.24) is 24.1 Å². The zero-order valence-electron chi connectivity index (χ0n) is 16.6. The summed E-state index contributed by atoms with van der Waals surface area (Å²) in [6.07, 6.45) is 3.80. The Kier molecular flexibility index (Phi) is 7.28. The van der Waals surface area contributed by atoms with Gasteiger partial charge >= 0.3 is 5.69 Å². The van der Waals surface area contributed by atoms with E-state index in [1.807, 2.05) is 6.92 Å². The summed E-state index contributed by atoms with van der Waals surface area (Å²) in [5.74, 6) is 0. The van der Waals surface area contributed by atoms with Crippen molar-refractivity contribution < 1.29 is 14.9 Å². The molecule has 2 aromatic heterocycles. The molecule has 1 aliphatic rings. The molecule has 2 aromatic rings. The number of hydrogen-bond acceptors (Lipinski definition) is 8. The molecule has 0 amide bonds. The molecule has 1 saturated heterocycles. The number of nitrogens with zero attached hydrogens (tertiary/aromatic N) is 5. The monoisotopic (exact) mass is 425 g/mol. The molecule has 0 radical (unpaired) electrons. The standard InChI is InChI=1S/C18H27N5O5S/c1-3-5-28-6-4-21-9-13(19-20-21)10-23-17(26)12(2)8-22(18(23)27)16-7-14(25)15(11-24)29-16/h8-9,14-16,24-25H,3-7,10-11H2,1-2H3/t14?,15-,16?/m1/s1. The maximum Gasteiger partial charge on any atom is 0.332 e. The van der Waals surface area contributed by atoms with Crippen LogP contribution in [0.15, 0.2) is 22.0 Å². The fourth-order valence-corrected chi connectivity index (χ4v) is 4.61. The molecule has 29 heavy (non-hydrogen) atoms. The number of aryl methyl sites for hydroxylation is 1. The molecule has 11 heteroatoms. The molecule has 0 spiro atoms. The summed E-state index contributed by atoms with van der Waals surface area (Å²) in [7, 11) is 0. The van der Waals surface area contributed by atoms with Crippen LogP contribution in [-0.2, 0) is 17.8 Å². The van der Waals surface area contributed by atoms with Crippen molar-refractivity contribution in [2.45, 2.75) is 56.5 Å². The summed E-state index contributed by atoms with van der Waals surface area (Å²) in [6, 6.07) is 0. The van der Waals surface area contributed by atoms with Gasteiger partial charge in [-0.2, -0.15) is 0 Å². The molecule has 0 bridgehead atoms. The zero-order chi connectivity index (χ0) is 21.0. The van der Waals surface area contributed by atoms with Gasteiger partial charge in [0.1, 0.15) is 5.69 Å². The van der Waals surface area contributed by atoms with E-state index in [1.165, 1.54) is 22.5 Å². The SMILES string of the molecule is CCCOCCn1cc(Cn2c(=O)c(C)cn(C3CC(O)[C@@H](CO)S3)c2=O)nn1. The molecule has 1 fully saturated rings. The van der Waals surface area contributed by atoms with Crippen LogP contribution in [0, 0.1) is 6.92 Å². The summed E-state index contributed by atoms with van der Waals surface area (Å²) in [5, 5.41) is 26.8. The second kappa shape index (κ2) is 9.70. The molecule has 0 aromatic carbocycles. The molecule has 2 N–H and O–H groups in total. The minimum absolute atomic E-state index is 0.0124. The lowest BCUT2D eigenvalue weighted by atomic mass is 10.2. The topological polar surface area (TPSA) is 124 Å². The van der Waals surface area contributed by atoms with Crippen molar-refractivity contribution in [3.63, 3.8) is 0 Å². The molecule has 0 saturated carbocycles. The van der Waals surface area contributed by atoms with Gasteiger partial charge in [0.05, 0.1) is 49.2 Å². The maximum absolute atomic E-state index is 13.0. The first kappa shape index (κ1) is 21.8. The highest BCUT2D eigenvalue weighted by Gasteiger charge is 2.35. The summed E-state index contributed by atoms with van der Waals surface area (Å²) in [6.45, 7) is 5.27. The van der Waals surface area contributed by atoms with Crippen molar-refractivity contribution in [3.8, 4) is 0 Å². The van der Waals surface area contributed by atoms with Crippen molar-refractivity contribution in [1.29, 1.82) is 0 Å². The van der Waals surface area contributed by atoms with E-state index in [1.54, 1.807) is 17.8 Å². The van der Waals surface area contributed by atoms with Crippen molar-refractivity contribution in [2.75, 3.05) is 19.8 Å². The number of ether oxygens (including phenoxy) is 1. The van der Waals surface area contributed by atoms with Crippen LogP contribution in [0.5, 0.6) is 0 Å². The summed E-state index contributed by atoms with van der Waals surface area (Å²) < 4.78 is 9.65. The molecule has 160 valence electrons. The predicted molar refractivity (Wildman–Crippen MR) is 108 cm³/mol. The van der Waals surface area contributed by atoms with E-state index in [4.69, 9.17) is 4.74 Å². The van der Waals surface area contributed by atoms with Gasteiger partial charge in [0.15, 0.2) is 0 Å². The van der Waals surface area contributed by atoms with Crippen molar-refractivity contribution in [2.24, 2.45) is 0 Å². The van der Waals surface area contributed by atoms with Crippen LogP contribution < -0.4 is 11.2 Å². The van der Waals surface area contributed by atoms with Gasteiger partial charge in [-0.3, -0.25) is 13.9 Å². The highest BCUT2D eigenvalue weighted by molar-refractivity contribution is 8.00. The Morgan fingerprint density at radius 2 is 2.10 bits per heavy atom. The Morgan fingerprint density at radius 1 is 1.31 bits per heavy atom. The smallest absolute Gasteiger partial charge is 0.332 e. The minimum Gasteiger partial charge on any atom is -0.395 e. The van der Waals surface area contributed by atoms with E-state index < -0.39 is 11.8 Å². The Bertz CT molecular complexity index is 939. The van der Waals surface area contributed by atoms with E-state index >= 15 is 0 Å². The quantitative estimate of drug-likeness (QED) is 0.527. The Balaban J connectivity index is 1.80. The summed E-state index contributed by atoms with van der Waals surface area (Å²) in [4.78, 5) is 25.6. The molecule has 3 heterocycles. The van der Waals surface area contributed by atoms with E-state index in [0.29, 0.717) is 37.4 Å². The fourth-order valence-electron chi connectivity index (χ4n) is 3.24. The van der Waals surface area contributed by atoms with E-state index in [9.17, 15) is 19.8 Å². The number of aliphatic hydroxyl groups is 2. The number of aromatic nitrogens is 5. The van der Waals surface area contributed by atoms with E-state index in [-0.39, 0.29) is 29.3 Å². The van der Waals surface area contributed by atoms with Crippen LogP contribution in [-0.4, -0.2) is 65.5 Å². The first-order chi connectivity index (χ1) is 13.9. The summed E-state index contributed by atoms with van der Waals surface area (Å²) >= 11 is 1.33. The highest BCUT2D eigenvalue weighted by atomic mass is 32.2. The van der Waals surface area contributed by atoms with Gasteiger partial charge in [-0.15, -0.1) is 16.9 Å². The van der Waals surface area contributed by atoms with E-state index in [2.05, 4.69) is 10.3 Å². The lowest BCUT2D eigenvalue weighted by molar-refractivity contribution is 0.124. The first-order valence-corrected chi connectivity index (χ1v) is 10.6. The summed E-state index contributed by atoms with van der Waals surface area (Å²) in [5.41, 5.74) is 0.0794. The van der Waals surface area contributed by atoms with Crippen LogP contribution in [0.1, 0.15) is 36.4 Å². The molecule has 10 nitrogen and oxygen atoms in total. The van der Waals surface area contributed by atoms with E-state index in [0.717, 1.165) is 11.0 Å². The lowest BCUT2D eigenvalue weighted by Crippen LogP contribution is -2.41. The Morgan fingerprint density at radius 3 is 2.79 bits per heavy atom. The molecule has 1 aliphatic heterocycles. The van der Waals surface area contributed by atoms with Crippen LogP contribution in [0.2, 0.25) is 0 Å².